The number of hydrogen-bond donors (Lipinski definition) is 0. The molecule has 0 saturated heterocycles. The van der Waals surface area contributed by atoms with Crippen LogP contribution in [0.2, 0.25) is 10.0 Å². The number of nitrogens with zero attached hydrogens (tertiary/aromatic N) is 2. The third-order valence-electron chi connectivity index (χ3n) is 4.20. The van der Waals surface area contributed by atoms with Gasteiger partial charge in [-0.1, -0.05) is 53.5 Å². The molecule has 0 fully saturated rings. The van der Waals surface area contributed by atoms with Crippen molar-refractivity contribution in [3.63, 3.8) is 0 Å². The van der Waals surface area contributed by atoms with Gasteiger partial charge >= 0.3 is 0 Å². The van der Waals surface area contributed by atoms with E-state index in [-0.39, 0.29) is 0 Å². The highest BCUT2D eigenvalue weighted by atomic mass is 35.5. The van der Waals surface area contributed by atoms with E-state index >= 15 is 0 Å². The van der Waals surface area contributed by atoms with E-state index in [1.165, 1.54) is 0 Å². The van der Waals surface area contributed by atoms with Crippen molar-refractivity contribution in [2.45, 2.75) is 13.2 Å². The quantitative estimate of drug-likeness (QED) is 0.425. The second kappa shape index (κ2) is 7.40. The molecule has 0 bridgehead atoms. The van der Waals surface area contributed by atoms with Gasteiger partial charge in [0.1, 0.15) is 18.2 Å². The Morgan fingerprint density at radius 3 is 2.38 bits per heavy atom. The first-order valence-corrected chi connectivity index (χ1v) is 9.02. The van der Waals surface area contributed by atoms with E-state index in [2.05, 4.69) is 10.6 Å². The minimum absolute atomic E-state index is 0.362. The summed E-state index contributed by atoms with van der Waals surface area (Å²) in [5.41, 5.74) is 3.04. The van der Waals surface area contributed by atoms with Crippen LogP contribution in [-0.4, -0.2) is 9.55 Å². The molecule has 0 unspecified atom stereocenters. The minimum atomic E-state index is 0.362. The lowest BCUT2D eigenvalue weighted by Gasteiger charge is -2.12. The zero-order valence-corrected chi connectivity index (χ0v) is 15.4. The Bertz CT molecular complexity index is 1040. The van der Waals surface area contributed by atoms with Gasteiger partial charge < -0.3 is 9.30 Å². The fourth-order valence-electron chi connectivity index (χ4n) is 2.89. The number of fused-ring (bicyclic) bond motifs is 1. The van der Waals surface area contributed by atoms with E-state index in [0.717, 1.165) is 33.2 Å². The summed E-state index contributed by atoms with van der Waals surface area (Å²) in [6.07, 6.45) is 0. The van der Waals surface area contributed by atoms with Crippen molar-refractivity contribution in [1.82, 2.24) is 9.55 Å². The van der Waals surface area contributed by atoms with Crippen LogP contribution >= 0.6 is 23.2 Å². The molecular weight excluding hydrogens is 367 g/mol. The molecule has 0 amide bonds. The molecule has 0 aliphatic rings. The van der Waals surface area contributed by atoms with Crippen LogP contribution in [0.25, 0.3) is 11.0 Å². The molecule has 130 valence electrons. The molecule has 0 N–H and O–H groups in total. The monoisotopic (exact) mass is 382 g/mol. The van der Waals surface area contributed by atoms with Crippen LogP contribution in [0.1, 0.15) is 11.4 Å². The first-order chi connectivity index (χ1) is 12.7. The highest BCUT2D eigenvalue weighted by molar-refractivity contribution is 6.31. The molecule has 1 heterocycles. The van der Waals surface area contributed by atoms with Crippen LogP contribution in [0, 0.1) is 0 Å². The largest absolute Gasteiger partial charge is 0.486 e. The molecule has 3 aromatic carbocycles. The molecule has 4 rings (SSSR count). The molecular formula is C21H16Cl2N2O. The topological polar surface area (TPSA) is 27.1 Å². The summed E-state index contributed by atoms with van der Waals surface area (Å²) in [7, 11) is 0. The smallest absolute Gasteiger partial charge is 0.148 e. The molecule has 0 saturated carbocycles. The van der Waals surface area contributed by atoms with Crippen molar-refractivity contribution in [3.05, 3.63) is 94.2 Å². The molecule has 1 aromatic heterocycles. The lowest BCUT2D eigenvalue weighted by molar-refractivity contribution is 0.291. The van der Waals surface area contributed by atoms with Gasteiger partial charge in [0.2, 0.25) is 0 Å². The van der Waals surface area contributed by atoms with Crippen molar-refractivity contribution in [3.8, 4) is 5.75 Å². The first kappa shape index (κ1) is 17.0. The van der Waals surface area contributed by atoms with E-state index in [1.54, 1.807) is 0 Å². The molecule has 3 nitrogen and oxygen atoms in total. The normalized spacial score (nSPS) is 11.0. The van der Waals surface area contributed by atoms with Crippen LogP contribution in [-0.2, 0) is 13.2 Å². The van der Waals surface area contributed by atoms with Gasteiger partial charge in [0.05, 0.1) is 17.6 Å². The van der Waals surface area contributed by atoms with Gasteiger partial charge in [-0.15, -0.1) is 0 Å². The average Bonchev–Trinajstić information content (AvgIpc) is 3.01. The van der Waals surface area contributed by atoms with Gasteiger partial charge in [0.25, 0.3) is 0 Å². The van der Waals surface area contributed by atoms with E-state index in [0.29, 0.717) is 18.2 Å². The van der Waals surface area contributed by atoms with Crippen molar-refractivity contribution >= 4 is 34.2 Å². The molecule has 0 aliphatic heterocycles. The summed E-state index contributed by atoms with van der Waals surface area (Å²) >= 11 is 12.3. The Labute approximate surface area is 161 Å². The molecule has 0 radical (unpaired) electrons. The maximum Gasteiger partial charge on any atom is 0.148 e. The molecule has 4 aromatic rings. The highest BCUT2D eigenvalue weighted by Crippen LogP contribution is 2.23. The highest BCUT2D eigenvalue weighted by Gasteiger charge is 2.13. The number of ether oxygens (including phenoxy) is 1. The van der Waals surface area contributed by atoms with Crippen LogP contribution in [0.3, 0.4) is 0 Å². The van der Waals surface area contributed by atoms with Crippen LogP contribution < -0.4 is 4.74 Å². The summed E-state index contributed by atoms with van der Waals surface area (Å²) in [4.78, 5) is 4.74. The molecule has 0 aliphatic carbocycles. The maximum absolute atomic E-state index is 6.35. The predicted octanol–water partition coefficient (Wildman–Crippen LogP) is 5.97. The summed E-state index contributed by atoms with van der Waals surface area (Å²) < 4.78 is 8.06. The minimum Gasteiger partial charge on any atom is -0.486 e. The van der Waals surface area contributed by atoms with E-state index in [1.807, 2.05) is 66.7 Å². The number of para-hydroxylation sites is 2. The lowest BCUT2D eigenvalue weighted by atomic mass is 10.2. The Kier molecular flexibility index (Phi) is 4.83. The Morgan fingerprint density at radius 1 is 0.846 bits per heavy atom. The SMILES string of the molecule is Clc1ccc(OCc2nc3ccccc3n2Cc2ccccc2Cl)cc1. The Balaban J connectivity index is 1.67. The van der Waals surface area contributed by atoms with Crippen LogP contribution in [0.4, 0.5) is 0 Å². The van der Waals surface area contributed by atoms with Crippen molar-refractivity contribution < 1.29 is 4.74 Å². The zero-order chi connectivity index (χ0) is 17.9. The van der Waals surface area contributed by atoms with E-state index in [4.69, 9.17) is 32.9 Å². The van der Waals surface area contributed by atoms with Crippen molar-refractivity contribution in [2.24, 2.45) is 0 Å². The second-order valence-electron chi connectivity index (χ2n) is 5.94. The van der Waals surface area contributed by atoms with Gasteiger partial charge in [-0.2, -0.15) is 0 Å². The summed E-state index contributed by atoms with van der Waals surface area (Å²) in [6.45, 7) is 1.00. The summed E-state index contributed by atoms with van der Waals surface area (Å²) in [5.74, 6) is 1.60. The second-order valence-corrected chi connectivity index (χ2v) is 6.78. The Morgan fingerprint density at radius 2 is 1.58 bits per heavy atom. The molecule has 0 atom stereocenters. The Hall–Kier alpha value is -2.49. The number of benzene rings is 3. The fraction of sp³-hybridized carbons (Fsp3) is 0.0952. The van der Waals surface area contributed by atoms with Gasteiger partial charge in [0, 0.05) is 10.0 Å². The molecule has 5 heteroatoms. The molecule has 26 heavy (non-hydrogen) atoms. The van der Waals surface area contributed by atoms with E-state index in [9.17, 15) is 0 Å². The van der Waals surface area contributed by atoms with Crippen LogP contribution in [0.15, 0.2) is 72.8 Å². The van der Waals surface area contributed by atoms with Gasteiger partial charge in [0.15, 0.2) is 0 Å². The van der Waals surface area contributed by atoms with E-state index < -0.39 is 0 Å². The number of halogens is 2. The number of imidazole rings is 1. The van der Waals surface area contributed by atoms with Gasteiger partial charge in [-0.25, -0.2) is 4.98 Å². The fourth-order valence-corrected chi connectivity index (χ4v) is 3.21. The summed E-state index contributed by atoms with van der Waals surface area (Å²) in [5, 5.41) is 1.43. The third-order valence-corrected chi connectivity index (χ3v) is 4.82. The standard InChI is InChI=1S/C21H16Cl2N2O/c22-16-9-11-17(12-10-16)26-14-21-24-19-7-3-4-8-20(19)25(21)13-15-5-1-2-6-18(15)23/h1-12H,13-14H2. The lowest BCUT2D eigenvalue weighted by Crippen LogP contribution is -2.08. The average molecular weight is 383 g/mol. The first-order valence-electron chi connectivity index (χ1n) is 8.26. The number of aromatic nitrogens is 2. The predicted molar refractivity (Wildman–Crippen MR) is 106 cm³/mol. The van der Waals surface area contributed by atoms with Crippen LogP contribution in [0.5, 0.6) is 5.75 Å². The van der Waals surface area contributed by atoms with Gasteiger partial charge in [-0.3, -0.25) is 0 Å². The maximum atomic E-state index is 6.35. The summed E-state index contributed by atoms with van der Waals surface area (Å²) in [6, 6.07) is 23.2. The number of rotatable bonds is 5. The van der Waals surface area contributed by atoms with Crippen molar-refractivity contribution in [2.75, 3.05) is 0 Å². The van der Waals surface area contributed by atoms with Crippen molar-refractivity contribution in [1.29, 1.82) is 0 Å². The van der Waals surface area contributed by atoms with Gasteiger partial charge in [-0.05, 0) is 48.0 Å². The third kappa shape index (κ3) is 3.55. The number of hydrogen-bond acceptors (Lipinski definition) is 2. The molecule has 0 spiro atoms. The zero-order valence-electron chi connectivity index (χ0n) is 13.9.